The predicted octanol–water partition coefficient (Wildman–Crippen LogP) is 2.71. The van der Waals surface area contributed by atoms with Crippen molar-refractivity contribution < 1.29 is 4.74 Å². The lowest BCUT2D eigenvalue weighted by molar-refractivity contribution is 0.414. The number of ether oxygens (including phenoxy) is 1. The molecule has 4 heteroatoms. The van der Waals surface area contributed by atoms with E-state index in [2.05, 4.69) is 15.3 Å². The molecule has 0 atom stereocenters. The van der Waals surface area contributed by atoms with Crippen LogP contribution in [0.4, 0.5) is 5.82 Å². The zero-order valence-corrected chi connectivity index (χ0v) is 10.9. The lowest BCUT2D eigenvalue weighted by atomic mass is 10.2. The molecule has 1 aromatic heterocycles. The molecular weight excluding hydrogens is 226 g/mol. The lowest BCUT2D eigenvalue weighted by Crippen LogP contribution is -2.05. The van der Waals surface area contributed by atoms with Gasteiger partial charge in [0, 0.05) is 12.7 Å². The third-order valence-electron chi connectivity index (χ3n) is 2.67. The SMILES string of the molecule is COc1cccc(CNc2nc(C)cnc2C)c1. The Balaban J connectivity index is 2.08. The number of methoxy groups -OCH3 is 1. The maximum Gasteiger partial charge on any atom is 0.148 e. The zero-order valence-electron chi connectivity index (χ0n) is 10.9. The highest BCUT2D eigenvalue weighted by Crippen LogP contribution is 2.15. The van der Waals surface area contributed by atoms with Crippen LogP contribution in [-0.2, 0) is 6.54 Å². The molecule has 18 heavy (non-hydrogen) atoms. The highest BCUT2D eigenvalue weighted by atomic mass is 16.5. The third-order valence-corrected chi connectivity index (χ3v) is 2.67. The molecule has 1 aromatic carbocycles. The molecule has 0 aliphatic heterocycles. The maximum atomic E-state index is 5.19. The summed E-state index contributed by atoms with van der Waals surface area (Å²) >= 11 is 0. The van der Waals surface area contributed by atoms with E-state index in [0.29, 0.717) is 6.54 Å². The van der Waals surface area contributed by atoms with Crippen LogP contribution in [0.5, 0.6) is 5.75 Å². The van der Waals surface area contributed by atoms with Crippen LogP contribution in [0.2, 0.25) is 0 Å². The molecule has 0 unspecified atom stereocenters. The first kappa shape index (κ1) is 12.4. The van der Waals surface area contributed by atoms with E-state index in [-0.39, 0.29) is 0 Å². The van der Waals surface area contributed by atoms with Gasteiger partial charge < -0.3 is 10.1 Å². The van der Waals surface area contributed by atoms with E-state index in [1.807, 2.05) is 38.1 Å². The Kier molecular flexibility index (Phi) is 3.77. The Labute approximate surface area is 107 Å². The molecule has 0 saturated carbocycles. The van der Waals surface area contributed by atoms with Crippen LogP contribution < -0.4 is 10.1 Å². The molecule has 94 valence electrons. The highest BCUT2D eigenvalue weighted by Gasteiger charge is 2.02. The number of rotatable bonds is 4. The van der Waals surface area contributed by atoms with E-state index in [1.54, 1.807) is 13.3 Å². The van der Waals surface area contributed by atoms with Crippen molar-refractivity contribution in [1.82, 2.24) is 9.97 Å². The molecular formula is C14H17N3O. The summed E-state index contributed by atoms with van der Waals surface area (Å²) in [6.45, 7) is 4.58. The first-order chi connectivity index (χ1) is 8.69. The van der Waals surface area contributed by atoms with Crippen LogP contribution in [0.3, 0.4) is 0 Å². The molecule has 0 saturated heterocycles. The van der Waals surface area contributed by atoms with Crippen molar-refractivity contribution in [3.05, 3.63) is 47.4 Å². The fourth-order valence-corrected chi connectivity index (χ4v) is 1.67. The summed E-state index contributed by atoms with van der Waals surface area (Å²) in [5, 5.41) is 3.29. The smallest absolute Gasteiger partial charge is 0.148 e. The van der Waals surface area contributed by atoms with Gasteiger partial charge in [0.15, 0.2) is 0 Å². The van der Waals surface area contributed by atoms with Crippen molar-refractivity contribution >= 4 is 5.82 Å². The quantitative estimate of drug-likeness (QED) is 0.897. The van der Waals surface area contributed by atoms with Crippen LogP contribution in [0.1, 0.15) is 17.0 Å². The average molecular weight is 243 g/mol. The average Bonchev–Trinajstić information content (AvgIpc) is 2.40. The van der Waals surface area contributed by atoms with Crippen LogP contribution >= 0.6 is 0 Å². The highest BCUT2D eigenvalue weighted by molar-refractivity contribution is 5.41. The topological polar surface area (TPSA) is 47.0 Å². The number of benzene rings is 1. The molecule has 0 bridgehead atoms. The van der Waals surface area contributed by atoms with Gasteiger partial charge in [-0.3, -0.25) is 4.98 Å². The van der Waals surface area contributed by atoms with Crippen LogP contribution in [0.15, 0.2) is 30.5 Å². The summed E-state index contributed by atoms with van der Waals surface area (Å²) < 4.78 is 5.19. The van der Waals surface area contributed by atoms with Gasteiger partial charge in [0.25, 0.3) is 0 Å². The zero-order chi connectivity index (χ0) is 13.0. The van der Waals surface area contributed by atoms with Crippen molar-refractivity contribution in [2.75, 3.05) is 12.4 Å². The third kappa shape index (κ3) is 2.97. The second kappa shape index (κ2) is 5.49. The summed E-state index contributed by atoms with van der Waals surface area (Å²) in [6, 6.07) is 7.96. The van der Waals surface area contributed by atoms with Gasteiger partial charge in [-0.05, 0) is 31.5 Å². The van der Waals surface area contributed by atoms with Crippen LogP contribution in [-0.4, -0.2) is 17.1 Å². The van der Waals surface area contributed by atoms with Crippen molar-refractivity contribution in [1.29, 1.82) is 0 Å². The Morgan fingerprint density at radius 1 is 1.28 bits per heavy atom. The fraction of sp³-hybridized carbons (Fsp3) is 0.286. The van der Waals surface area contributed by atoms with Gasteiger partial charge in [-0.2, -0.15) is 0 Å². The van der Waals surface area contributed by atoms with E-state index >= 15 is 0 Å². The van der Waals surface area contributed by atoms with Crippen LogP contribution in [0.25, 0.3) is 0 Å². The Morgan fingerprint density at radius 3 is 2.89 bits per heavy atom. The lowest BCUT2D eigenvalue weighted by Gasteiger charge is -2.09. The summed E-state index contributed by atoms with van der Waals surface area (Å²) in [7, 11) is 1.67. The normalized spacial score (nSPS) is 10.2. The van der Waals surface area contributed by atoms with E-state index < -0.39 is 0 Å². The number of hydrogen-bond donors (Lipinski definition) is 1. The van der Waals surface area contributed by atoms with Gasteiger partial charge in [-0.15, -0.1) is 0 Å². The first-order valence-electron chi connectivity index (χ1n) is 5.86. The standard InChI is InChI=1S/C14H17N3O/c1-10-8-15-11(2)14(17-10)16-9-12-5-4-6-13(7-12)18-3/h4-8H,9H2,1-3H3,(H,16,17). The molecule has 1 heterocycles. The van der Waals surface area contributed by atoms with Crippen molar-refractivity contribution in [3.63, 3.8) is 0 Å². The van der Waals surface area contributed by atoms with E-state index in [4.69, 9.17) is 4.74 Å². The van der Waals surface area contributed by atoms with Crippen LogP contribution in [0, 0.1) is 13.8 Å². The number of hydrogen-bond acceptors (Lipinski definition) is 4. The largest absolute Gasteiger partial charge is 0.497 e. The molecule has 0 radical (unpaired) electrons. The molecule has 4 nitrogen and oxygen atoms in total. The number of nitrogens with one attached hydrogen (secondary N) is 1. The number of nitrogens with zero attached hydrogens (tertiary/aromatic N) is 2. The summed E-state index contributed by atoms with van der Waals surface area (Å²) in [5.41, 5.74) is 2.97. The molecule has 0 amide bonds. The molecule has 0 fully saturated rings. The minimum absolute atomic E-state index is 0.705. The van der Waals surface area contributed by atoms with Gasteiger partial charge >= 0.3 is 0 Å². The molecule has 1 N–H and O–H groups in total. The minimum Gasteiger partial charge on any atom is -0.497 e. The number of aryl methyl sites for hydroxylation is 2. The monoisotopic (exact) mass is 243 g/mol. The van der Waals surface area contributed by atoms with Gasteiger partial charge in [-0.25, -0.2) is 4.98 Å². The minimum atomic E-state index is 0.705. The number of aromatic nitrogens is 2. The van der Waals surface area contributed by atoms with Gasteiger partial charge in [0.2, 0.25) is 0 Å². The summed E-state index contributed by atoms with van der Waals surface area (Å²) in [5.74, 6) is 1.69. The molecule has 0 aliphatic carbocycles. The van der Waals surface area contributed by atoms with Gasteiger partial charge in [0.05, 0.1) is 18.5 Å². The number of anilines is 1. The Bertz CT molecular complexity index is 540. The van der Waals surface area contributed by atoms with Gasteiger partial charge in [-0.1, -0.05) is 12.1 Å². The van der Waals surface area contributed by atoms with Gasteiger partial charge in [0.1, 0.15) is 11.6 Å². The molecule has 0 aliphatic rings. The second-order valence-electron chi connectivity index (χ2n) is 4.15. The maximum absolute atomic E-state index is 5.19. The van der Waals surface area contributed by atoms with Crippen molar-refractivity contribution in [2.24, 2.45) is 0 Å². The van der Waals surface area contributed by atoms with Crippen molar-refractivity contribution in [2.45, 2.75) is 20.4 Å². The molecule has 0 spiro atoms. The molecule has 2 aromatic rings. The Morgan fingerprint density at radius 2 is 2.11 bits per heavy atom. The fourth-order valence-electron chi connectivity index (χ4n) is 1.67. The van der Waals surface area contributed by atoms with Crippen molar-refractivity contribution in [3.8, 4) is 5.75 Å². The Hall–Kier alpha value is -2.10. The first-order valence-corrected chi connectivity index (χ1v) is 5.86. The second-order valence-corrected chi connectivity index (χ2v) is 4.15. The van der Waals surface area contributed by atoms with E-state index in [9.17, 15) is 0 Å². The summed E-state index contributed by atoms with van der Waals surface area (Å²) in [4.78, 5) is 8.70. The predicted molar refractivity (Wildman–Crippen MR) is 71.8 cm³/mol. The molecule has 2 rings (SSSR count). The van der Waals surface area contributed by atoms with E-state index in [0.717, 1.165) is 28.5 Å². The van der Waals surface area contributed by atoms with E-state index in [1.165, 1.54) is 0 Å². The summed E-state index contributed by atoms with van der Waals surface area (Å²) in [6.07, 6.45) is 1.77.